The summed E-state index contributed by atoms with van der Waals surface area (Å²) in [7, 11) is 0. The maximum Gasteiger partial charge on any atom is 0.180 e. The van der Waals surface area contributed by atoms with Crippen LogP contribution in [0.25, 0.3) is 22.8 Å². The third-order valence-corrected chi connectivity index (χ3v) is 3.07. The lowest BCUT2D eigenvalue weighted by molar-refractivity contribution is 1.12. The Morgan fingerprint density at radius 3 is 2.65 bits per heavy atom. The summed E-state index contributed by atoms with van der Waals surface area (Å²) in [5, 5.41) is 0.388. The average molecular weight is 283 g/mol. The van der Waals surface area contributed by atoms with Gasteiger partial charge in [-0.25, -0.2) is 9.97 Å². The van der Waals surface area contributed by atoms with Crippen molar-refractivity contribution in [2.24, 2.45) is 0 Å². The predicted molar refractivity (Wildman–Crippen MR) is 78.2 cm³/mol. The van der Waals surface area contributed by atoms with Gasteiger partial charge in [-0.2, -0.15) is 0 Å². The number of halogens is 1. The lowest BCUT2D eigenvalue weighted by Crippen LogP contribution is -1.97. The number of aromatic nitrogens is 4. The highest BCUT2D eigenvalue weighted by Crippen LogP contribution is 2.24. The van der Waals surface area contributed by atoms with Crippen molar-refractivity contribution in [3.63, 3.8) is 0 Å². The van der Waals surface area contributed by atoms with Crippen LogP contribution >= 0.6 is 11.6 Å². The van der Waals surface area contributed by atoms with Gasteiger partial charge in [-0.05, 0) is 30.7 Å². The van der Waals surface area contributed by atoms with E-state index in [0.717, 1.165) is 22.5 Å². The van der Waals surface area contributed by atoms with Crippen LogP contribution in [0.15, 0.2) is 48.9 Å². The van der Waals surface area contributed by atoms with Crippen molar-refractivity contribution in [1.82, 2.24) is 19.9 Å². The van der Waals surface area contributed by atoms with Crippen molar-refractivity contribution in [3.8, 4) is 22.8 Å². The summed E-state index contributed by atoms with van der Waals surface area (Å²) in [5.41, 5.74) is 3.37. The first-order valence-electron chi connectivity index (χ1n) is 6.11. The molecule has 98 valence electrons. The Hall–Kier alpha value is -2.33. The summed E-state index contributed by atoms with van der Waals surface area (Å²) >= 11 is 6.10. The maximum atomic E-state index is 6.10. The topological polar surface area (TPSA) is 51.6 Å². The zero-order valence-corrected chi connectivity index (χ0v) is 11.5. The van der Waals surface area contributed by atoms with Crippen molar-refractivity contribution in [2.75, 3.05) is 0 Å². The minimum Gasteiger partial charge on any atom is -0.264 e. The van der Waals surface area contributed by atoms with Gasteiger partial charge in [0.15, 0.2) is 5.82 Å². The summed E-state index contributed by atoms with van der Waals surface area (Å²) in [5.74, 6) is 0.523. The van der Waals surface area contributed by atoms with Crippen molar-refractivity contribution in [3.05, 3.63) is 59.6 Å². The molecule has 0 N–H and O–H groups in total. The van der Waals surface area contributed by atoms with Gasteiger partial charge in [-0.15, -0.1) is 0 Å². The van der Waals surface area contributed by atoms with Crippen LogP contribution in [0.5, 0.6) is 0 Å². The lowest BCUT2D eigenvalue weighted by Gasteiger charge is -2.06. The highest BCUT2D eigenvalue weighted by molar-refractivity contribution is 6.29. The molecule has 3 aromatic rings. The standard InChI is InChI=1S/C15H11ClN4/c1-10-4-2-7-18-14(10)15-19-12(8-13(16)20-15)11-5-3-6-17-9-11/h2-9H,1H3. The first kappa shape index (κ1) is 12.7. The van der Waals surface area contributed by atoms with E-state index in [4.69, 9.17) is 11.6 Å². The van der Waals surface area contributed by atoms with Gasteiger partial charge in [0.25, 0.3) is 0 Å². The molecule has 0 saturated carbocycles. The van der Waals surface area contributed by atoms with Crippen molar-refractivity contribution >= 4 is 11.6 Å². The minimum atomic E-state index is 0.388. The first-order valence-corrected chi connectivity index (χ1v) is 6.49. The van der Waals surface area contributed by atoms with Gasteiger partial charge in [-0.3, -0.25) is 9.97 Å². The third kappa shape index (κ3) is 2.51. The van der Waals surface area contributed by atoms with Crippen molar-refractivity contribution in [1.29, 1.82) is 0 Å². The molecule has 0 amide bonds. The highest BCUT2D eigenvalue weighted by Gasteiger charge is 2.10. The van der Waals surface area contributed by atoms with Crippen molar-refractivity contribution < 1.29 is 0 Å². The molecule has 0 atom stereocenters. The fourth-order valence-electron chi connectivity index (χ4n) is 1.91. The molecule has 0 fully saturated rings. The third-order valence-electron chi connectivity index (χ3n) is 2.87. The summed E-state index contributed by atoms with van der Waals surface area (Å²) in [6.45, 7) is 1.97. The van der Waals surface area contributed by atoms with Crippen LogP contribution in [-0.4, -0.2) is 19.9 Å². The number of nitrogens with zero attached hydrogens (tertiary/aromatic N) is 4. The molecule has 3 heterocycles. The van der Waals surface area contributed by atoms with Crippen LogP contribution in [0.1, 0.15) is 5.56 Å². The molecule has 0 aliphatic carbocycles. The van der Waals surface area contributed by atoms with E-state index in [2.05, 4.69) is 19.9 Å². The second-order valence-corrected chi connectivity index (χ2v) is 4.70. The van der Waals surface area contributed by atoms with Gasteiger partial charge in [0.1, 0.15) is 10.8 Å². The van der Waals surface area contributed by atoms with E-state index in [0.29, 0.717) is 11.0 Å². The van der Waals surface area contributed by atoms with Crippen molar-refractivity contribution in [2.45, 2.75) is 6.92 Å². The molecule has 0 unspecified atom stereocenters. The molecule has 0 aromatic carbocycles. The number of hydrogen-bond acceptors (Lipinski definition) is 4. The van der Waals surface area contributed by atoms with Crippen LogP contribution in [-0.2, 0) is 0 Å². The van der Waals surface area contributed by atoms with E-state index in [1.165, 1.54) is 0 Å². The summed E-state index contributed by atoms with van der Waals surface area (Å²) in [4.78, 5) is 17.2. The second-order valence-electron chi connectivity index (χ2n) is 4.31. The molecule has 3 rings (SSSR count). The van der Waals surface area contributed by atoms with Gasteiger partial charge >= 0.3 is 0 Å². The van der Waals surface area contributed by atoms with Crippen LogP contribution in [0.3, 0.4) is 0 Å². The van der Waals surface area contributed by atoms with Gasteiger partial charge in [0.05, 0.1) is 5.69 Å². The largest absolute Gasteiger partial charge is 0.264 e. The quantitative estimate of drug-likeness (QED) is 0.674. The molecule has 0 saturated heterocycles. The summed E-state index contributed by atoms with van der Waals surface area (Å²) in [6.07, 6.45) is 5.18. The fourth-order valence-corrected chi connectivity index (χ4v) is 2.09. The highest BCUT2D eigenvalue weighted by atomic mass is 35.5. The number of aryl methyl sites for hydroxylation is 1. The molecular formula is C15H11ClN4. The van der Waals surface area contributed by atoms with Crippen LogP contribution in [0, 0.1) is 6.92 Å². The number of rotatable bonds is 2. The normalized spacial score (nSPS) is 10.5. The Labute approximate surface area is 121 Å². The first-order chi connectivity index (χ1) is 9.74. The Kier molecular flexibility index (Phi) is 3.39. The smallest absolute Gasteiger partial charge is 0.180 e. The minimum absolute atomic E-state index is 0.388. The molecule has 0 aliphatic heterocycles. The molecule has 3 aromatic heterocycles. The number of pyridine rings is 2. The van der Waals surface area contributed by atoms with E-state index in [1.54, 1.807) is 24.7 Å². The molecule has 4 nitrogen and oxygen atoms in total. The zero-order chi connectivity index (χ0) is 13.9. The molecular weight excluding hydrogens is 272 g/mol. The molecule has 0 radical (unpaired) electrons. The fraction of sp³-hybridized carbons (Fsp3) is 0.0667. The van der Waals surface area contributed by atoms with E-state index >= 15 is 0 Å². The Bertz CT molecular complexity index is 744. The van der Waals surface area contributed by atoms with E-state index in [-0.39, 0.29) is 0 Å². The Morgan fingerprint density at radius 1 is 1.05 bits per heavy atom. The van der Waals surface area contributed by atoms with E-state index in [9.17, 15) is 0 Å². The van der Waals surface area contributed by atoms with E-state index < -0.39 is 0 Å². The molecule has 0 bridgehead atoms. The van der Waals surface area contributed by atoms with E-state index in [1.807, 2.05) is 31.2 Å². The summed E-state index contributed by atoms with van der Waals surface area (Å²) < 4.78 is 0. The molecule has 20 heavy (non-hydrogen) atoms. The van der Waals surface area contributed by atoms with Gasteiger partial charge in [0.2, 0.25) is 0 Å². The molecule has 0 aliphatic rings. The SMILES string of the molecule is Cc1cccnc1-c1nc(Cl)cc(-c2cccnc2)n1. The summed E-state index contributed by atoms with van der Waals surface area (Å²) in [6, 6.07) is 9.36. The van der Waals surface area contributed by atoms with Gasteiger partial charge in [-0.1, -0.05) is 17.7 Å². The Morgan fingerprint density at radius 2 is 1.90 bits per heavy atom. The molecule has 0 spiro atoms. The average Bonchev–Trinajstić information content (AvgIpc) is 2.48. The van der Waals surface area contributed by atoms with Crippen LogP contribution in [0.2, 0.25) is 5.15 Å². The van der Waals surface area contributed by atoms with Gasteiger partial charge in [0, 0.05) is 30.2 Å². The second kappa shape index (κ2) is 5.35. The zero-order valence-electron chi connectivity index (χ0n) is 10.8. The Balaban J connectivity index is 2.15. The van der Waals surface area contributed by atoms with Gasteiger partial charge < -0.3 is 0 Å². The lowest BCUT2D eigenvalue weighted by atomic mass is 10.2. The number of hydrogen-bond donors (Lipinski definition) is 0. The van der Waals surface area contributed by atoms with Crippen LogP contribution < -0.4 is 0 Å². The monoisotopic (exact) mass is 282 g/mol. The maximum absolute atomic E-state index is 6.10. The van der Waals surface area contributed by atoms with Crippen LogP contribution in [0.4, 0.5) is 0 Å². The predicted octanol–water partition coefficient (Wildman–Crippen LogP) is 3.56. The molecule has 5 heteroatoms.